The second-order valence-corrected chi connectivity index (χ2v) is 7.12. The Morgan fingerprint density at radius 1 is 1.11 bits per heavy atom. The zero-order valence-electron chi connectivity index (χ0n) is 15.1. The molecule has 8 heteroatoms. The molecule has 0 spiro atoms. The third kappa shape index (κ3) is 6.88. The number of hydrazone groups is 1. The Balaban J connectivity index is 1.94. The maximum absolute atomic E-state index is 11.9. The van der Waals surface area contributed by atoms with Crippen LogP contribution in [0.15, 0.2) is 50.4 Å². The number of amides is 1. The fourth-order valence-corrected chi connectivity index (χ4v) is 3.02. The van der Waals surface area contributed by atoms with Gasteiger partial charge in [-0.15, -0.1) is 0 Å². The molecule has 6 nitrogen and oxygen atoms in total. The number of nitrogens with zero attached hydrogens (tertiary/aromatic N) is 1. The second kappa shape index (κ2) is 10.9. The van der Waals surface area contributed by atoms with E-state index in [9.17, 15) is 4.79 Å². The summed E-state index contributed by atoms with van der Waals surface area (Å²) in [5.41, 5.74) is 4.12. The van der Waals surface area contributed by atoms with Gasteiger partial charge in [0.25, 0.3) is 5.91 Å². The van der Waals surface area contributed by atoms with E-state index < -0.39 is 0 Å². The third-order valence-corrected chi connectivity index (χ3v) is 4.44. The summed E-state index contributed by atoms with van der Waals surface area (Å²) in [5, 5.41) is 7.02. The number of hydrogen-bond donors (Lipinski definition) is 2. The maximum Gasteiger partial charge on any atom is 0.259 e. The number of anilines is 1. The molecular formula is C19H21Br2N3O3. The molecule has 0 aliphatic carbocycles. The summed E-state index contributed by atoms with van der Waals surface area (Å²) in [4.78, 5) is 11.9. The van der Waals surface area contributed by atoms with E-state index in [0.29, 0.717) is 24.7 Å². The van der Waals surface area contributed by atoms with E-state index in [-0.39, 0.29) is 12.5 Å². The predicted octanol–water partition coefficient (Wildman–Crippen LogP) is 4.57. The van der Waals surface area contributed by atoms with E-state index in [1.807, 2.05) is 50.2 Å². The van der Waals surface area contributed by atoms with E-state index in [2.05, 4.69) is 47.7 Å². The van der Waals surface area contributed by atoms with Crippen LogP contribution in [0.4, 0.5) is 5.69 Å². The van der Waals surface area contributed by atoms with E-state index in [4.69, 9.17) is 9.47 Å². The van der Waals surface area contributed by atoms with Crippen LogP contribution in [0.25, 0.3) is 0 Å². The fourth-order valence-electron chi connectivity index (χ4n) is 2.18. The van der Waals surface area contributed by atoms with Crippen molar-refractivity contribution in [2.45, 2.75) is 13.8 Å². The molecule has 0 saturated heterocycles. The molecule has 0 bridgehead atoms. The molecule has 0 aliphatic heterocycles. The summed E-state index contributed by atoms with van der Waals surface area (Å²) in [6.07, 6.45) is 1.56. The van der Waals surface area contributed by atoms with Crippen LogP contribution in [0.3, 0.4) is 0 Å². The van der Waals surface area contributed by atoms with Gasteiger partial charge in [0.05, 0.1) is 30.4 Å². The number of carbonyl (C=O) groups excluding carboxylic acids is 1. The van der Waals surface area contributed by atoms with Crippen molar-refractivity contribution in [3.05, 3.63) is 50.9 Å². The molecule has 0 aliphatic rings. The van der Waals surface area contributed by atoms with Gasteiger partial charge in [0.2, 0.25) is 0 Å². The highest BCUT2D eigenvalue weighted by molar-refractivity contribution is 9.10. The van der Waals surface area contributed by atoms with Gasteiger partial charge in [0.1, 0.15) is 0 Å². The van der Waals surface area contributed by atoms with Crippen molar-refractivity contribution < 1.29 is 14.3 Å². The van der Waals surface area contributed by atoms with Gasteiger partial charge in [-0.2, -0.15) is 5.10 Å². The molecule has 2 N–H and O–H groups in total. The minimum atomic E-state index is -0.246. The van der Waals surface area contributed by atoms with Gasteiger partial charge in [-0.1, -0.05) is 15.9 Å². The fraction of sp³-hybridized carbons (Fsp3) is 0.263. The van der Waals surface area contributed by atoms with Crippen molar-refractivity contribution in [2.75, 3.05) is 25.1 Å². The number of rotatable bonds is 9. The summed E-state index contributed by atoms with van der Waals surface area (Å²) in [6.45, 7) is 4.99. The summed E-state index contributed by atoms with van der Waals surface area (Å²) in [5.74, 6) is 1.03. The van der Waals surface area contributed by atoms with Crippen molar-refractivity contribution in [1.82, 2.24) is 5.43 Å². The maximum atomic E-state index is 11.9. The van der Waals surface area contributed by atoms with Crippen LogP contribution in [0, 0.1) is 0 Å². The highest BCUT2D eigenvalue weighted by atomic mass is 79.9. The smallest absolute Gasteiger partial charge is 0.259 e. The largest absolute Gasteiger partial charge is 0.490 e. The molecule has 144 valence electrons. The molecular weight excluding hydrogens is 478 g/mol. The summed E-state index contributed by atoms with van der Waals surface area (Å²) < 4.78 is 13.0. The topological polar surface area (TPSA) is 72.0 Å². The zero-order chi connectivity index (χ0) is 19.6. The Morgan fingerprint density at radius 3 is 2.48 bits per heavy atom. The zero-order valence-corrected chi connectivity index (χ0v) is 18.3. The van der Waals surface area contributed by atoms with E-state index in [0.717, 1.165) is 20.2 Å². The van der Waals surface area contributed by atoms with Gasteiger partial charge >= 0.3 is 0 Å². The molecule has 0 unspecified atom stereocenters. The Labute approximate surface area is 175 Å². The van der Waals surface area contributed by atoms with Crippen molar-refractivity contribution in [1.29, 1.82) is 0 Å². The number of carbonyl (C=O) groups is 1. The number of halogens is 2. The van der Waals surface area contributed by atoms with Gasteiger partial charge in [-0.05, 0) is 71.7 Å². The molecule has 0 aromatic heterocycles. The quantitative estimate of drug-likeness (QED) is 0.392. The average molecular weight is 499 g/mol. The summed E-state index contributed by atoms with van der Waals surface area (Å²) in [7, 11) is 0. The molecule has 2 aromatic carbocycles. The van der Waals surface area contributed by atoms with Crippen molar-refractivity contribution in [3.63, 3.8) is 0 Å². The molecule has 27 heavy (non-hydrogen) atoms. The normalized spacial score (nSPS) is 10.7. The van der Waals surface area contributed by atoms with E-state index >= 15 is 0 Å². The van der Waals surface area contributed by atoms with Crippen LogP contribution in [-0.2, 0) is 4.79 Å². The SMILES string of the molecule is CCOc1cc(/C=N\NC(=O)CNc2ccc(Br)cc2)cc(Br)c1OCC. The Hall–Kier alpha value is -2.06. The highest BCUT2D eigenvalue weighted by Crippen LogP contribution is 2.36. The lowest BCUT2D eigenvalue weighted by Crippen LogP contribution is -2.25. The number of benzene rings is 2. The monoisotopic (exact) mass is 497 g/mol. The molecule has 0 fully saturated rings. The molecule has 2 aromatic rings. The highest BCUT2D eigenvalue weighted by Gasteiger charge is 2.11. The van der Waals surface area contributed by atoms with Crippen LogP contribution in [-0.4, -0.2) is 31.9 Å². The molecule has 0 radical (unpaired) electrons. The van der Waals surface area contributed by atoms with Crippen LogP contribution in [0.1, 0.15) is 19.4 Å². The van der Waals surface area contributed by atoms with Crippen LogP contribution >= 0.6 is 31.9 Å². The molecule has 1 amide bonds. The number of nitrogens with one attached hydrogen (secondary N) is 2. The first-order valence-electron chi connectivity index (χ1n) is 8.44. The van der Waals surface area contributed by atoms with Crippen LogP contribution < -0.4 is 20.2 Å². The van der Waals surface area contributed by atoms with E-state index in [1.165, 1.54) is 0 Å². The summed E-state index contributed by atoms with van der Waals surface area (Å²) in [6, 6.07) is 11.2. The van der Waals surface area contributed by atoms with Crippen molar-refractivity contribution >= 4 is 49.7 Å². The minimum absolute atomic E-state index is 0.121. The number of hydrogen-bond acceptors (Lipinski definition) is 5. The molecule has 0 atom stereocenters. The lowest BCUT2D eigenvalue weighted by Gasteiger charge is -2.13. The average Bonchev–Trinajstić information content (AvgIpc) is 2.64. The van der Waals surface area contributed by atoms with Gasteiger partial charge in [-0.3, -0.25) is 4.79 Å². The summed E-state index contributed by atoms with van der Waals surface area (Å²) >= 11 is 6.85. The van der Waals surface area contributed by atoms with E-state index in [1.54, 1.807) is 6.21 Å². The molecule has 0 heterocycles. The Morgan fingerprint density at radius 2 is 1.81 bits per heavy atom. The van der Waals surface area contributed by atoms with Gasteiger partial charge in [-0.25, -0.2) is 5.43 Å². The van der Waals surface area contributed by atoms with Crippen LogP contribution in [0.2, 0.25) is 0 Å². The van der Waals surface area contributed by atoms with Crippen molar-refractivity contribution in [2.24, 2.45) is 5.10 Å². The molecule has 0 saturated carbocycles. The first-order valence-corrected chi connectivity index (χ1v) is 10.0. The Kier molecular flexibility index (Phi) is 8.60. The lowest BCUT2D eigenvalue weighted by molar-refractivity contribution is -0.119. The van der Waals surface area contributed by atoms with Gasteiger partial charge in [0.15, 0.2) is 11.5 Å². The van der Waals surface area contributed by atoms with Gasteiger partial charge < -0.3 is 14.8 Å². The first-order chi connectivity index (χ1) is 13.0. The lowest BCUT2D eigenvalue weighted by atomic mass is 10.2. The third-order valence-electron chi connectivity index (χ3n) is 3.32. The minimum Gasteiger partial charge on any atom is -0.490 e. The van der Waals surface area contributed by atoms with Crippen LogP contribution in [0.5, 0.6) is 11.5 Å². The standard InChI is InChI=1S/C19H21Br2N3O3/c1-3-26-17-10-13(9-16(21)19(17)27-4-2)11-23-24-18(25)12-22-15-7-5-14(20)6-8-15/h5-11,22H,3-4,12H2,1-2H3,(H,24,25)/b23-11-. The Bertz CT molecular complexity index is 796. The second-order valence-electron chi connectivity index (χ2n) is 5.35. The van der Waals surface area contributed by atoms with Gasteiger partial charge in [0, 0.05) is 10.2 Å². The predicted molar refractivity (Wildman–Crippen MR) is 115 cm³/mol. The van der Waals surface area contributed by atoms with Crippen molar-refractivity contribution in [3.8, 4) is 11.5 Å². The first kappa shape index (κ1) is 21.2. The molecule has 2 rings (SSSR count). The number of ether oxygens (including phenoxy) is 2.